The molecule has 182 valence electrons. The number of rotatable bonds is 5. The summed E-state index contributed by atoms with van der Waals surface area (Å²) in [6, 6.07) is 13.6. The summed E-state index contributed by atoms with van der Waals surface area (Å²) in [5, 5.41) is 13.7. The molecule has 1 atom stereocenters. The first-order valence-corrected chi connectivity index (χ1v) is 11.3. The molecular weight excluding hydrogens is 464 g/mol. The van der Waals surface area contributed by atoms with Crippen molar-refractivity contribution >= 4 is 23.4 Å². The summed E-state index contributed by atoms with van der Waals surface area (Å²) in [6.45, 7) is 0.858. The zero-order chi connectivity index (χ0) is 25.2. The second-order valence-electron chi connectivity index (χ2n) is 8.29. The highest BCUT2D eigenvalue weighted by Gasteiger charge is 2.44. The van der Waals surface area contributed by atoms with E-state index in [1.807, 2.05) is 0 Å². The van der Waals surface area contributed by atoms with Crippen molar-refractivity contribution in [3.8, 4) is 11.5 Å². The summed E-state index contributed by atoms with van der Waals surface area (Å²) >= 11 is 0. The molecular formula is C27H22N2O7. The number of carbonyl (C=O) groups is 3. The number of benzene rings is 2. The van der Waals surface area contributed by atoms with E-state index in [0.717, 1.165) is 5.56 Å². The molecule has 1 N–H and O–H groups in total. The Morgan fingerprint density at radius 2 is 1.67 bits per heavy atom. The number of H-pyrrole nitrogens is 1. The van der Waals surface area contributed by atoms with E-state index in [1.54, 1.807) is 48.8 Å². The van der Waals surface area contributed by atoms with Crippen LogP contribution in [0.5, 0.6) is 11.5 Å². The third-order valence-electron chi connectivity index (χ3n) is 6.12. The van der Waals surface area contributed by atoms with Crippen LogP contribution in [-0.2, 0) is 20.9 Å². The van der Waals surface area contributed by atoms with Crippen LogP contribution >= 0.6 is 0 Å². The highest BCUT2D eigenvalue weighted by atomic mass is 16.6. The van der Waals surface area contributed by atoms with Crippen LogP contribution in [0.25, 0.3) is 5.76 Å². The summed E-state index contributed by atoms with van der Waals surface area (Å²) in [5.74, 6) is -1.81. The highest BCUT2D eigenvalue weighted by Crippen LogP contribution is 2.41. The smallest absolute Gasteiger partial charge is 0.337 e. The first kappa shape index (κ1) is 23.1. The van der Waals surface area contributed by atoms with E-state index in [-0.39, 0.29) is 17.7 Å². The molecule has 1 aromatic heterocycles. The fourth-order valence-corrected chi connectivity index (χ4v) is 4.36. The number of ether oxygens (including phenoxy) is 3. The van der Waals surface area contributed by atoms with Crippen molar-refractivity contribution in [1.29, 1.82) is 0 Å². The number of Topliss-reactive ketones (excluding diaryl/α,β-unsaturated/α-hetero) is 1. The number of nitrogens with zero attached hydrogens (tertiary/aromatic N) is 1. The number of likely N-dealkylation sites (tertiary alicyclic amines) is 1. The monoisotopic (exact) mass is 486 g/mol. The number of aromatic nitrogens is 1. The third kappa shape index (κ3) is 4.15. The molecule has 0 saturated carbocycles. The number of aromatic amines is 1. The molecule has 0 bridgehead atoms. The van der Waals surface area contributed by atoms with Gasteiger partial charge in [0.1, 0.15) is 13.2 Å². The number of carbonyl (C=O) groups excluding carboxylic acids is 3. The first-order valence-electron chi connectivity index (χ1n) is 11.3. The lowest BCUT2D eigenvalue weighted by Crippen LogP contribution is -2.29. The van der Waals surface area contributed by atoms with E-state index < -0.39 is 29.5 Å². The minimum Gasteiger partial charge on any atom is -0.872 e. The first-order chi connectivity index (χ1) is 17.5. The zero-order valence-corrected chi connectivity index (χ0v) is 19.4. The van der Waals surface area contributed by atoms with E-state index in [0.29, 0.717) is 35.8 Å². The van der Waals surface area contributed by atoms with E-state index >= 15 is 0 Å². The lowest BCUT2D eigenvalue weighted by Gasteiger charge is -2.28. The molecule has 2 aromatic carbocycles. The average molecular weight is 486 g/mol. The van der Waals surface area contributed by atoms with Gasteiger partial charge in [-0.05, 0) is 41.0 Å². The Balaban J connectivity index is 1.62. The van der Waals surface area contributed by atoms with Crippen LogP contribution in [0.4, 0.5) is 0 Å². The maximum atomic E-state index is 13.7. The molecule has 1 fully saturated rings. The van der Waals surface area contributed by atoms with E-state index in [4.69, 9.17) is 14.2 Å². The molecule has 1 unspecified atom stereocenters. The van der Waals surface area contributed by atoms with Crippen LogP contribution in [-0.4, -0.2) is 42.9 Å². The van der Waals surface area contributed by atoms with Crippen molar-refractivity contribution in [2.45, 2.75) is 12.6 Å². The van der Waals surface area contributed by atoms with E-state index in [2.05, 4.69) is 4.98 Å². The predicted molar refractivity (Wildman–Crippen MR) is 123 cm³/mol. The molecule has 5 rings (SSSR count). The molecule has 3 heterocycles. The Bertz CT molecular complexity index is 1370. The average Bonchev–Trinajstić information content (AvgIpc) is 3.17. The number of hydrogen-bond donors (Lipinski definition) is 0. The zero-order valence-electron chi connectivity index (χ0n) is 19.4. The molecule has 0 radical (unpaired) electrons. The number of nitrogens with one attached hydrogen (secondary N) is 1. The summed E-state index contributed by atoms with van der Waals surface area (Å²) in [4.78, 5) is 42.6. The summed E-state index contributed by atoms with van der Waals surface area (Å²) in [6.07, 6.45) is 3.42. The summed E-state index contributed by atoms with van der Waals surface area (Å²) in [5.41, 5.74) is 1.65. The van der Waals surface area contributed by atoms with Crippen molar-refractivity contribution in [1.82, 2.24) is 4.90 Å². The van der Waals surface area contributed by atoms with Crippen LogP contribution in [0.2, 0.25) is 0 Å². The standard InChI is InChI=1S/C27H22N2O7/c1-34-27(33)18-4-2-17(3-5-18)23-22(24(30)19-6-7-20-21(14-19)36-13-12-35-20)25(31)26(32)29(23)15-16-8-10-28-11-9-16/h2-11,14,23,30H,12-13,15H2,1H3. The fourth-order valence-electron chi connectivity index (χ4n) is 4.36. The number of methoxy groups -OCH3 is 1. The van der Waals surface area contributed by atoms with Gasteiger partial charge in [-0.15, -0.1) is 0 Å². The van der Waals surface area contributed by atoms with Crippen LogP contribution in [0.3, 0.4) is 0 Å². The molecule has 2 aliphatic rings. The van der Waals surface area contributed by atoms with Gasteiger partial charge in [-0.2, -0.15) is 0 Å². The van der Waals surface area contributed by atoms with Crippen molar-refractivity contribution in [3.05, 3.63) is 94.8 Å². The molecule has 3 aromatic rings. The Labute approximate surface area is 206 Å². The van der Waals surface area contributed by atoms with Gasteiger partial charge in [-0.25, -0.2) is 9.78 Å². The number of amides is 1. The minimum absolute atomic E-state index is 0.112. The molecule has 0 aliphatic carbocycles. The molecule has 1 saturated heterocycles. The van der Waals surface area contributed by atoms with E-state index in [9.17, 15) is 19.5 Å². The molecule has 36 heavy (non-hydrogen) atoms. The lowest BCUT2D eigenvalue weighted by atomic mass is 9.94. The topological polar surface area (TPSA) is 119 Å². The normalized spacial score (nSPS) is 18.2. The van der Waals surface area contributed by atoms with E-state index in [1.165, 1.54) is 30.2 Å². The molecule has 9 heteroatoms. The Morgan fingerprint density at radius 3 is 2.36 bits per heavy atom. The van der Waals surface area contributed by atoms with Gasteiger partial charge in [0.05, 0.1) is 18.7 Å². The van der Waals surface area contributed by atoms with Crippen molar-refractivity contribution in [2.75, 3.05) is 20.3 Å². The van der Waals surface area contributed by atoms with Gasteiger partial charge >= 0.3 is 5.97 Å². The lowest BCUT2D eigenvalue weighted by molar-refractivity contribution is -0.378. The molecule has 9 nitrogen and oxygen atoms in total. The number of fused-ring (bicyclic) bond motifs is 1. The largest absolute Gasteiger partial charge is 0.872 e. The van der Waals surface area contributed by atoms with Gasteiger partial charge in [0, 0.05) is 24.3 Å². The second-order valence-corrected chi connectivity index (χ2v) is 8.29. The van der Waals surface area contributed by atoms with Gasteiger partial charge in [-0.3, -0.25) is 9.59 Å². The number of pyridine rings is 1. The van der Waals surface area contributed by atoms with Gasteiger partial charge in [-0.1, -0.05) is 24.0 Å². The predicted octanol–water partition coefficient (Wildman–Crippen LogP) is 1.48. The number of ketones is 1. The summed E-state index contributed by atoms with van der Waals surface area (Å²) < 4.78 is 15.9. The van der Waals surface area contributed by atoms with Gasteiger partial charge in [0.15, 0.2) is 23.9 Å². The Hall–Kier alpha value is -4.66. The van der Waals surface area contributed by atoms with Crippen LogP contribution in [0, 0.1) is 0 Å². The van der Waals surface area contributed by atoms with Crippen molar-refractivity contribution in [2.24, 2.45) is 0 Å². The number of hydrogen-bond acceptors (Lipinski definition) is 7. The maximum absolute atomic E-state index is 13.7. The SMILES string of the molecule is COC(=O)c1ccc(C2C(=C([O-])c3ccc4c(c3)OCCO4)C(=O)C(=O)N2Cc2cc[nH+]cc2)cc1. The molecule has 1 amide bonds. The second kappa shape index (κ2) is 9.53. The van der Waals surface area contributed by atoms with Gasteiger partial charge in [0.2, 0.25) is 5.78 Å². The Morgan fingerprint density at radius 1 is 1.00 bits per heavy atom. The minimum atomic E-state index is -0.943. The quantitative estimate of drug-likeness (QED) is 0.232. The Kier molecular flexibility index (Phi) is 6.12. The molecule has 0 spiro atoms. The van der Waals surface area contributed by atoms with Crippen molar-refractivity contribution < 1.29 is 38.7 Å². The van der Waals surface area contributed by atoms with Gasteiger partial charge < -0.3 is 24.2 Å². The summed E-state index contributed by atoms with van der Waals surface area (Å²) in [7, 11) is 1.28. The third-order valence-corrected chi connectivity index (χ3v) is 6.12. The highest BCUT2D eigenvalue weighted by molar-refractivity contribution is 6.46. The van der Waals surface area contributed by atoms with Crippen molar-refractivity contribution in [3.63, 3.8) is 0 Å². The molecule has 2 aliphatic heterocycles. The fraction of sp³-hybridized carbons (Fsp3) is 0.185. The van der Waals surface area contributed by atoms with Crippen LogP contribution in [0.1, 0.15) is 33.1 Å². The van der Waals surface area contributed by atoms with Gasteiger partial charge in [0.25, 0.3) is 5.91 Å². The van der Waals surface area contributed by atoms with Crippen LogP contribution in [0.15, 0.2) is 72.6 Å². The van der Waals surface area contributed by atoms with Crippen LogP contribution < -0.4 is 19.6 Å². The maximum Gasteiger partial charge on any atom is 0.337 e. The number of esters is 1.